The number of hydrogen-bond acceptors (Lipinski definition) is 5. The van der Waals surface area contributed by atoms with Crippen molar-refractivity contribution in [2.75, 3.05) is 26.2 Å². The van der Waals surface area contributed by atoms with E-state index in [-0.39, 0.29) is 17.7 Å². The van der Waals surface area contributed by atoms with Crippen LogP contribution in [-0.4, -0.2) is 66.0 Å². The molecule has 9 nitrogen and oxygen atoms in total. The molecule has 0 radical (unpaired) electrons. The molecule has 0 aliphatic carbocycles. The van der Waals surface area contributed by atoms with Gasteiger partial charge < -0.3 is 26.0 Å². The van der Waals surface area contributed by atoms with Crippen molar-refractivity contribution in [3.05, 3.63) is 0 Å². The zero-order chi connectivity index (χ0) is 20.5. The monoisotopic (exact) mass is 396 g/mol. The Labute approximate surface area is 165 Å². The molecule has 2 heterocycles. The van der Waals surface area contributed by atoms with Crippen LogP contribution in [0, 0.1) is 11.8 Å². The van der Waals surface area contributed by atoms with Gasteiger partial charge in [0.05, 0.1) is 12.3 Å². The van der Waals surface area contributed by atoms with Gasteiger partial charge in [-0.25, -0.2) is 0 Å². The normalized spacial score (nSPS) is 21.6. The number of aliphatic carboxylic acids is 1. The van der Waals surface area contributed by atoms with Gasteiger partial charge in [0.15, 0.2) is 0 Å². The molecule has 2 aliphatic rings. The van der Waals surface area contributed by atoms with Crippen molar-refractivity contribution >= 4 is 23.7 Å². The molecule has 3 amide bonds. The summed E-state index contributed by atoms with van der Waals surface area (Å²) in [5.74, 6) is -1.57. The molecule has 28 heavy (non-hydrogen) atoms. The maximum atomic E-state index is 12.6. The number of likely N-dealkylation sites (tertiary alicyclic amines) is 1. The molecule has 4 N–H and O–H groups in total. The molecule has 0 aromatic heterocycles. The topological polar surface area (TPSA) is 128 Å². The zero-order valence-electron chi connectivity index (χ0n) is 16.5. The van der Waals surface area contributed by atoms with E-state index in [9.17, 15) is 19.2 Å². The minimum Gasteiger partial charge on any atom is -0.481 e. The highest BCUT2D eigenvalue weighted by atomic mass is 16.4. The molecule has 9 heteroatoms. The van der Waals surface area contributed by atoms with Crippen molar-refractivity contribution in [2.24, 2.45) is 11.8 Å². The van der Waals surface area contributed by atoms with E-state index in [1.54, 1.807) is 4.90 Å². The van der Waals surface area contributed by atoms with E-state index in [2.05, 4.69) is 16.0 Å². The van der Waals surface area contributed by atoms with Gasteiger partial charge in [-0.1, -0.05) is 0 Å². The van der Waals surface area contributed by atoms with E-state index >= 15 is 0 Å². The Morgan fingerprint density at radius 3 is 2.50 bits per heavy atom. The second kappa shape index (κ2) is 11.0. The van der Waals surface area contributed by atoms with Gasteiger partial charge in [0, 0.05) is 26.4 Å². The third-order valence-electron chi connectivity index (χ3n) is 5.44. The minimum atomic E-state index is -1.11. The standard InChI is InChI=1S/C19H32N4O5/c1-13(24)21-16(11-18(26)27)22-19(28)15-3-2-10-23(12-15)17(25)5-4-14-6-8-20-9-7-14/h14-16,20H,2-12H2,1H3,(H,21,24)(H,22,28)(H,26,27)/t15-,16?/m1/s1. The lowest BCUT2D eigenvalue weighted by atomic mass is 9.92. The average molecular weight is 396 g/mol. The summed E-state index contributed by atoms with van der Waals surface area (Å²) < 4.78 is 0. The lowest BCUT2D eigenvalue weighted by Crippen LogP contribution is -2.53. The van der Waals surface area contributed by atoms with Crippen LogP contribution in [0.5, 0.6) is 0 Å². The summed E-state index contributed by atoms with van der Waals surface area (Å²) >= 11 is 0. The molecule has 2 rings (SSSR count). The number of carbonyl (C=O) groups is 4. The first-order valence-electron chi connectivity index (χ1n) is 10.1. The van der Waals surface area contributed by atoms with E-state index in [1.807, 2.05) is 0 Å². The van der Waals surface area contributed by atoms with Crippen LogP contribution in [0.2, 0.25) is 0 Å². The van der Waals surface area contributed by atoms with Crippen LogP contribution in [0.25, 0.3) is 0 Å². The van der Waals surface area contributed by atoms with Crippen LogP contribution in [0.15, 0.2) is 0 Å². The Morgan fingerprint density at radius 1 is 1.14 bits per heavy atom. The van der Waals surface area contributed by atoms with Crippen molar-refractivity contribution in [1.82, 2.24) is 20.9 Å². The summed E-state index contributed by atoms with van der Waals surface area (Å²) in [4.78, 5) is 49.0. The minimum absolute atomic E-state index is 0.0833. The number of piperidine rings is 2. The van der Waals surface area contributed by atoms with Crippen LogP contribution in [-0.2, 0) is 19.2 Å². The predicted molar refractivity (Wildman–Crippen MR) is 102 cm³/mol. The molecular weight excluding hydrogens is 364 g/mol. The number of carboxylic acids is 1. The highest BCUT2D eigenvalue weighted by Gasteiger charge is 2.30. The molecule has 0 saturated carbocycles. The lowest BCUT2D eigenvalue weighted by Gasteiger charge is -2.33. The molecule has 158 valence electrons. The molecule has 0 spiro atoms. The van der Waals surface area contributed by atoms with Gasteiger partial charge in [0.2, 0.25) is 17.7 Å². The smallest absolute Gasteiger partial charge is 0.307 e. The molecule has 0 aromatic rings. The van der Waals surface area contributed by atoms with Crippen LogP contribution < -0.4 is 16.0 Å². The van der Waals surface area contributed by atoms with Crippen LogP contribution in [0.4, 0.5) is 0 Å². The first-order chi connectivity index (χ1) is 13.3. The summed E-state index contributed by atoms with van der Waals surface area (Å²) in [6.07, 6.45) is 3.64. The average Bonchev–Trinajstić information content (AvgIpc) is 2.66. The largest absolute Gasteiger partial charge is 0.481 e. The van der Waals surface area contributed by atoms with E-state index in [0.29, 0.717) is 31.8 Å². The third kappa shape index (κ3) is 7.46. The van der Waals surface area contributed by atoms with Crippen LogP contribution >= 0.6 is 0 Å². The molecular formula is C19H32N4O5. The predicted octanol–water partition coefficient (Wildman–Crippen LogP) is 0.0579. The SMILES string of the molecule is CC(=O)NC(CC(=O)O)NC(=O)[C@@H]1CCCN(C(=O)CCC2CCNCC2)C1. The van der Waals surface area contributed by atoms with Gasteiger partial charge in [-0.3, -0.25) is 19.2 Å². The zero-order valence-corrected chi connectivity index (χ0v) is 16.5. The Morgan fingerprint density at radius 2 is 1.86 bits per heavy atom. The maximum absolute atomic E-state index is 12.6. The fourth-order valence-corrected chi connectivity index (χ4v) is 3.92. The second-order valence-corrected chi connectivity index (χ2v) is 7.77. The summed E-state index contributed by atoms with van der Waals surface area (Å²) in [5, 5.41) is 17.3. The highest BCUT2D eigenvalue weighted by molar-refractivity contribution is 5.83. The number of nitrogens with zero attached hydrogens (tertiary/aromatic N) is 1. The lowest BCUT2D eigenvalue weighted by molar-refractivity contribution is -0.138. The fourth-order valence-electron chi connectivity index (χ4n) is 3.92. The van der Waals surface area contributed by atoms with Crippen molar-refractivity contribution in [3.63, 3.8) is 0 Å². The number of amides is 3. The summed E-state index contributed by atoms with van der Waals surface area (Å²) in [6, 6.07) is 0. The van der Waals surface area contributed by atoms with E-state index in [4.69, 9.17) is 5.11 Å². The molecule has 1 unspecified atom stereocenters. The van der Waals surface area contributed by atoms with E-state index < -0.39 is 24.5 Å². The Bertz CT molecular complexity index is 561. The summed E-state index contributed by atoms with van der Waals surface area (Å²) in [7, 11) is 0. The van der Waals surface area contributed by atoms with Gasteiger partial charge in [-0.15, -0.1) is 0 Å². The quantitative estimate of drug-likeness (QED) is 0.430. The van der Waals surface area contributed by atoms with Gasteiger partial charge in [-0.05, 0) is 51.1 Å². The first-order valence-corrected chi connectivity index (χ1v) is 10.1. The van der Waals surface area contributed by atoms with Crippen molar-refractivity contribution in [2.45, 2.75) is 58.0 Å². The Kier molecular flexibility index (Phi) is 8.69. The number of carboxylic acid groups (broad SMARTS) is 1. The van der Waals surface area contributed by atoms with Crippen LogP contribution in [0.1, 0.15) is 51.9 Å². The van der Waals surface area contributed by atoms with Gasteiger partial charge in [0.25, 0.3) is 0 Å². The molecule has 2 aliphatic heterocycles. The number of nitrogens with one attached hydrogen (secondary N) is 3. The maximum Gasteiger partial charge on any atom is 0.307 e. The third-order valence-corrected chi connectivity index (χ3v) is 5.44. The molecule has 2 fully saturated rings. The highest BCUT2D eigenvalue weighted by Crippen LogP contribution is 2.21. The van der Waals surface area contributed by atoms with Crippen molar-refractivity contribution in [1.29, 1.82) is 0 Å². The van der Waals surface area contributed by atoms with Crippen molar-refractivity contribution in [3.8, 4) is 0 Å². The van der Waals surface area contributed by atoms with Crippen LogP contribution in [0.3, 0.4) is 0 Å². The number of rotatable bonds is 8. The number of carbonyl (C=O) groups excluding carboxylic acids is 3. The molecule has 0 bridgehead atoms. The Balaban J connectivity index is 1.82. The van der Waals surface area contributed by atoms with E-state index in [0.717, 1.165) is 38.8 Å². The Hall–Kier alpha value is -2.16. The first kappa shape index (κ1) is 22.1. The van der Waals surface area contributed by atoms with E-state index in [1.165, 1.54) is 6.92 Å². The van der Waals surface area contributed by atoms with Gasteiger partial charge >= 0.3 is 5.97 Å². The molecule has 0 aromatic carbocycles. The van der Waals surface area contributed by atoms with Gasteiger partial charge in [-0.2, -0.15) is 0 Å². The molecule has 2 saturated heterocycles. The second-order valence-electron chi connectivity index (χ2n) is 7.77. The summed E-state index contributed by atoms with van der Waals surface area (Å²) in [6.45, 7) is 4.29. The fraction of sp³-hybridized carbons (Fsp3) is 0.789. The summed E-state index contributed by atoms with van der Waals surface area (Å²) in [5.41, 5.74) is 0. The van der Waals surface area contributed by atoms with Crippen molar-refractivity contribution < 1.29 is 24.3 Å². The van der Waals surface area contributed by atoms with Gasteiger partial charge in [0.1, 0.15) is 6.17 Å². The number of hydrogen-bond donors (Lipinski definition) is 4. The molecule has 2 atom stereocenters.